The summed E-state index contributed by atoms with van der Waals surface area (Å²) in [5.74, 6) is 0.210. The Bertz CT molecular complexity index is 268. The van der Waals surface area contributed by atoms with Gasteiger partial charge in [0.25, 0.3) is 5.91 Å². The van der Waals surface area contributed by atoms with Crippen LogP contribution in [0.5, 0.6) is 0 Å². The van der Waals surface area contributed by atoms with Gasteiger partial charge in [0, 0.05) is 12.6 Å². The number of nitrogens with one attached hydrogen (secondary N) is 2. The summed E-state index contributed by atoms with van der Waals surface area (Å²) >= 11 is 0. The van der Waals surface area contributed by atoms with Crippen LogP contribution in [0.3, 0.4) is 0 Å². The molecule has 1 rings (SSSR count). The van der Waals surface area contributed by atoms with Gasteiger partial charge in [0.2, 0.25) is 0 Å². The van der Waals surface area contributed by atoms with Gasteiger partial charge in [-0.05, 0) is 6.42 Å². The molecule has 1 heterocycles. The number of nitrogens with zero attached hydrogens (tertiary/aromatic N) is 1. The summed E-state index contributed by atoms with van der Waals surface area (Å²) in [5, 5.41) is 8.88. The van der Waals surface area contributed by atoms with Crippen LogP contribution in [0.4, 0.5) is 5.82 Å². The van der Waals surface area contributed by atoms with Crippen molar-refractivity contribution in [3.63, 3.8) is 0 Å². The Morgan fingerprint density at radius 2 is 2.58 bits per heavy atom. The summed E-state index contributed by atoms with van der Waals surface area (Å²) < 4.78 is 0. The maximum atomic E-state index is 11.2. The van der Waals surface area contributed by atoms with E-state index < -0.39 is 0 Å². The van der Waals surface area contributed by atoms with Crippen LogP contribution in [0.1, 0.15) is 23.8 Å². The van der Waals surface area contributed by atoms with Gasteiger partial charge in [0.05, 0.1) is 0 Å². The van der Waals surface area contributed by atoms with Crippen molar-refractivity contribution in [2.24, 2.45) is 0 Å². The molecule has 0 bridgehead atoms. The SMILES string of the molecule is CCCNC(=O)c1cc(N)[nH]n1. The van der Waals surface area contributed by atoms with Gasteiger partial charge in [-0.25, -0.2) is 0 Å². The Balaban J connectivity index is 2.53. The van der Waals surface area contributed by atoms with Gasteiger partial charge in [0.15, 0.2) is 5.69 Å². The number of amides is 1. The highest BCUT2D eigenvalue weighted by Crippen LogP contribution is 1.99. The number of anilines is 1. The van der Waals surface area contributed by atoms with Gasteiger partial charge in [-0.3, -0.25) is 9.89 Å². The largest absolute Gasteiger partial charge is 0.384 e. The van der Waals surface area contributed by atoms with Gasteiger partial charge in [-0.1, -0.05) is 6.92 Å². The number of hydrogen-bond donors (Lipinski definition) is 3. The first-order valence-electron chi connectivity index (χ1n) is 3.83. The molecule has 0 spiro atoms. The second-order valence-electron chi connectivity index (χ2n) is 2.46. The number of nitrogen functional groups attached to an aromatic ring is 1. The van der Waals surface area contributed by atoms with Crippen LogP contribution in [0.25, 0.3) is 0 Å². The molecule has 1 amide bonds. The van der Waals surface area contributed by atoms with Crippen molar-refractivity contribution in [1.29, 1.82) is 0 Å². The molecule has 5 nitrogen and oxygen atoms in total. The maximum absolute atomic E-state index is 11.2. The molecule has 0 aliphatic carbocycles. The lowest BCUT2D eigenvalue weighted by Crippen LogP contribution is -2.24. The van der Waals surface area contributed by atoms with E-state index in [1.165, 1.54) is 6.07 Å². The third-order valence-electron chi connectivity index (χ3n) is 1.37. The van der Waals surface area contributed by atoms with Crippen LogP contribution in [-0.2, 0) is 0 Å². The van der Waals surface area contributed by atoms with E-state index in [1.807, 2.05) is 6.92 Å². The molecule has 0 saturated heterocycles. The topological polar surface area (TPSA) is 83.8 Å². The Hall–Kier alpha value is -1.52. The maximum Gasteiger partial charge on any atom is 0.271 e. The lowest BCUT2D eigenvalue weighted by Gasteiger charge is -1.97. The first-order chi connectivity index (χ1) is 5.74. The lowest BCUT2D eigenvalue weighted by atomic mass is 10.4. The number of aromatic amines is 1. The van der Waals surface area contributed by atoms with E-state index in [4.69, 9.17) is 5.73 Å². The molecular weight excluding hydrogens is 156 g/mol. The van der Waals surface area contributed by atoms with E-state index >= 15 is 0 Å². The van der Waals surface area contributed by atoms with Crippen LogP contribution in [0, 0.1) is 0 Å². The van der Waals surface area contributed by atoms with E-state index in [9.17, 15) is 4.79 Å². The quantitative estimate of drug-likeness (QED) is 0.599. The number of rotatable bonds is 3. The zero-order valence-electron chi connectivity index (χ0n) is 6.92. The third-order valence-corrected chi connectivity index (χ3v) is 1.37. The summed E-state index contributed by atoms with van der Waals surface area (Å²) in [6.07, 6.45) is 0.908. The number of carbonyl (C=O) groups excluding carboxylic acids is 1. The fourth-order valence-corrected chi connectivity index (χ4v) is 0.782. The molecule has 12 heavy (non-hydrogen) atoms. The molecule has 66 valence electrons. The van der Waals surface area contributed by atoms with Crippen LogP contribution in [-0.4, -0.2) is 22.6 Å². The van der Waals surface area contributed by atoms with Crippen LogP contribution in [0.2, 0.25) is 0 Å². The van der Waals surface area contributed by atoms with Crippen molar-refractivity contribution < 1.29 is 4.79 Å². The van der Waals surface area contributed by atoms with Crippen molar-refractivity contribution in [2.75, 3.05) is 12.3 Å². The van der Waals surface area contributed by atoms with E-state index in [1.54, 1.807) is 0 Å². The van der Waals surface area contributed by atoms with E-state index in [2.05, 4.69) is 15.5 Å². The Morgan fingerprint density at radius 1 is 1.83 bits per heavy atom. The predicted molar refractivity (Wildman–Crippen MR) is 45.6 cm³/mol. The second kappa shape index (κ2) is 3.75. The number of nitrogens with two attached hydrogens (primary N) is 1. The fourth-order valence-electron chi connectivity index (χ4n) is 0.782. The average Bonchev–Trinajstić information content (AvgIpc) is 2.47. The average molecular weight is 168 g/mol. The molecule has 0 atom stereocenters. The Morgan fingerprint density at radius 3 is 3.08 bits per heavy atom. The summed E-state index contributed by atoms with van der Waals surface area (Å²) in [7, 11) is 0. The highest BCUT2D eigenvalue weighted by molar-refractivity contribution is 5.92. The smallest absolute Gasteiger partial charge is 0.271 e. The molecule has 4 N–H and O–H groups in total. The van der Waals surface area contributed by atoms with E-state index in [0.29, 0.717) is 18.1 Å². The summed E-state index contributed by atoms with van der Waals surface area (Å²) in [4.78, 5) is 11.2. The normalized spacial score (nSPS) is 9.75. The van der Waals surface area contributed by atoms with Gasteiger partial charge < -0.3 is 11.1 Å². The monoisotopic (exact) mass is 168 g/mol. The molecular formula is C7H12N4O. The van der Waals surface area contributed by atoms with Gasteiger partial charge in [-0.15, -0.1) is 0 Å². The van der Waals surface area contributed by atoms with Crippen LogP contribution >= 0.6 is 0 Å². The molecule has 0 aliphatic rings. The predicted octanol–water partition coefficient (Wildman–Crippen LogP) is 0.132. The second-order valence-corrected chi connectivity index (χ2v) is 2.46. The van der Waals surface area contributed by atoms with E-state index in [0.717, 1.165) is 6.42 Å². The standard InChI is InChI=1S/C7H12N4O/c1-2-3-9-7(12)5-4-6(8)11-10-5/h4H,2-3H2,1H3,(H,9,12)(H3,8,10,11). The first-order valence-corrected chi connectivity index (χ1v) is 3.83. The van der Waals surface area contributed by atoms with E-state index in [-0.39, 0.29) is 5.91 Å². The zero-order chi connectivity index (χ0) is 8.97. The molecule has 0 radical (unpaired) electrons. The Labute approximate surface area is 70.3 Å². The van der Waals surface area contributed by atoms with Gasteiger partial charge in [-0.2, -0.15) is 5.10 Å². The third kappa shape index (κ3) is 1.98. The van der Waals surface area contributed by atoms with Crippen molar-refractivity contribution in [1.82, 2.24) is 15.5 Å². The number of aromatic nitrogens is 2. The molecule has 0 saturated carbocycles. The Kier molecular flexibility index (Phi) is 2.68. The molecule has 1 aromatic rings. The highest BCUT2D eigenvalue weighted by Gasteiger charge is 2.07. The highest BCUT2D eigenvalue weighted by atomic mass is 16.1. The minimum absolute atomic E-state index is 0.190. The van der Waals surface area contributed by atoms with Gasteiger partial charge in [0.1, 0.15) is 5.82 Å². The number of carbonyl (C=O) groups is 1. The molecule has 0 unspecified atom stereocenters. The van der Waals surface area contributed by atoms with Crippen molar-refractivity contribution >= 4 is 11.7 Å². The van der Waals surface area contributed by atoms with Crippen LogP contribution in [0.15, 0.2) is 6.07 Å². The summed E-state index contributed by atoms with van der Waals surface area (Å²) in [6, 6.07) is 1.50. The van der Waals surface area contributed by atoms with Crippen molar-refractivity contribution in [2.45, 2.75) is 13.3 Å². The minimum Gasteiger partial charge on any atom is -0.384 e. The fraction of sp³-hybridized carbons (Fsp3) is 0.429. The van der Waals surface area contributed by atoms with Crippen molar-refractivity contribution in [3.8, 4) is 0 Å². The number of hydrogen-bond acceptors (Lipinski definition) is 3. The summed E-state index contributed by atoms with van der Waals surface area (Å²) in [6.45, 7) is 2.64. The molecule has 0 fully saturated rings. The molecule has 0 aliphatic heterocycles. The zero-order valence-corrected chi connectivity index (χ0v) is 6.92. The molecule has 1 aromatic heterocycles. The van der Waals surface area contributed by atoms with Crippen LogP contribution < -0.4 is 11.1 Å². The first kappa shape index (κ1) is 8.58. The number of H-pyrrole nitrogens is 1. The molecule has 0 aromatic carbocycles. The van der Waals surface area contributed by atoms with Gasteiger partial charge >= 0.3 is 0 Å². The van der Waals surface area contributed by atoms with Crippen molar-refractivity contribution in [3.05, 3.63) is 11.8 Å². The lowest BCUT2D eigenvalue weighted by molar-refractivity contribution is 0.0948. The summed E-state index contributed by atoms with van der Waals surface area (Å²) in [5.41, 5.74) is 5.68. The minimum atomic E-state index is -0.190. The molecule has 5 heteroatoms.